The minimum atomic E-state index is 0.300. The van der Waals surface area contributed by atoms with Crippen molar-refractivity contribution in [3.8, 4) is 11.5 Å². The van der Waals surface area contributed by atoms with E-state index in [2.05, 4.69) is 25.5 Å². The number of nitrogens with one attached hydrogen (secondary N) is 1. The SMILES string of the molecule is Nc1nc2c(c(NCc3nnc(-c4ccccc4)o3)n1)CCCC2. The second-order valence-electron chi connectivity index (χ2n) is 5.78. The van der Waals surface area contributed by atoms with Crippen LogP contribution in [0.15, 0.2) is 34.7 Å². The van der Waals surface area contributed by atoms with Crippen LogP contribution in [0.1, 0.15) is 30.0 Å². The first-order chi connectivity index (χ1) is 11.8. The molecule has 0 aliphatic heterocycles. The lowest BCUT2D eigenvalue weighted by atomic mass is 9.96. The van der Waals surface area contributed by atoms with Gasteiger partial charge < -0.3 is 15.5 Å². The molecular weight excluding hydrogens is 304 g/mol. The van der Waals surface area contributed by atoms with Crippen molar-refractivity contribution in [1.82, 2.24) is 20.2 Å². The molecule has 7 nitrogen and oxygen atoms in total. The third-order valence-corrected chi connectivity index (χ3v) is 4.10. The van der Waals surface area contributed by atoms with E-state index in [-0.39, 0.29) is 0 Å². The van der Waals surface area contributed by atoms with Gasteiger partial charge in [-0.3, -0.25) is 0 Å². The Hall–Kier alpha value is -2.96. The predicted octanol–water partition coefficient (Wildman–Crippen LogP) is 2.60. The van der Waals surface area contributed by atoms with E-state index in [0.29, 0.717) is 24.3 Å². The third kappa shape index (κ3) is 2.92. The molecule has 4 rings (SSSR count). The fraction of sp³-hybridized carbons (Fsp3) is 0.294. The van der Waals surface area contributed by atoms with Gasteiger partial charge in [-0.25, -0.2) is 4.98 Å². The van der Waals surface area contributed by atoms with E-state index < -0.39 is 0 Å². The van der Waals surface area contributed by atoms with Gasteiger partial charge in [-0.05, 0) is 37.8 Å². The molecule has 1 aromatic carbocycles. The summed E-state index contributed by atoms with van der Waals surface area (Å²) >= 11 is 0. The quantitative estimate of drug-likeness (QED) is 0.761. The third-order valence-electron chi connectivity index (χ3n) is 4.10. The summed E-state index contributed by atoms with van der Waals surface area (Å²) in [5.41, 5.74) is 8.92. The normalized spacial score (nSPS) is 13.5. The Bertz CT molecular complexity index is 846. The molecule has 2 aromatic heterocycles. The van der Waals surface area contributed by atoms with Crippen molar-refractivity contribution in [2.24, 2.45) is 0 Å². The Labute approximate surface area is 139 Å². The summed E-state index contributed by atoms with van der Waals surface area (Å²) in [5.74, 6) is 2.09. The van der Waals surface area contributed by atoms with Crippen molar-refractivity contribution in [2.75, 3.05) is 11.1 Å². The number of aromatic nitrogens is 4. The lowest BCUT2D eigenvalue weighted by Gasteiger charge is -2.18. The van der Waals surface area contributed by atoms with Gasteiger partial charge in [0.1, 0.15) is 5.82 Å². The predicted molar refractivity (Wildman–Crippen MR) is 90.1 cm³/mol. The highest BCUT2D eigenvalue weighted by atomic mass is 16.4. The average Bonchev–Trinajstić information content (AvgIpc) is 3.09. The summed E-state index contributed by atoms with van der Waals surface area (Å²) in [6.07, 6.45) is 4.22. The molecule has 24 heavy (non-hydrogen) atoms. The van der Waals surface area contributed by atoms with Crippen LogP contribution in [-0.4, -0.2) is 20.2 Å². The van der Waals surface area contributed by atoms with E-state index in [4.69, 9.17) is 10.2 Å². The summed E-state index contributed by atoms with van der Waals surface area (Å²) in [6.45, 7) is 0.405. The zero-order valence-corrected chi connectivity index (χ0v) is 13.2. The molecule has 2 heterocycles. The maximum Gasteiger partial charge on any atom is 0.247 e. The number of fused-ring (bicyclic) bond motifs is 1. The van der Waals surface area contributed by atoms with Crippen LogP contribution in [0.2, 0.25) is 0 Å². The fourth-order valence-corrected chi connectivity index (χ4v) is 2.94. The van der Waals surface area contributed by atoms with Crippen molar-refractivity contribution in [3.05, 3.63) is 47.5 Å². The van der Waals surface area contributed by atoms with Gasteiger partial charge in [-0.1, -0.05) is 18.2 Å². The molecule has 0 radical (unpaired) electrons. The number of nitrogens with two attached hydrogens (primary N) is 1. The van der Waals surface area contributed by atoms with Crippen molar-refractivity contribution < 1.29 is 4.42 Å². The van der Waals surface area contributed by atoms with Crippen LogP contribution in [0.5, 0.6) is 0 Å². The topological polar surface area (TPSA) is 103 Å². The Kier molecular flexibility index (Phi) is 3.82. The molecule has 0 bridgehead atoms. The van der Waals surface area contributed by atoms with Gasteiger partial charge in [-0.2, -0.15) is 4.98 Å². The van der Waals surface area contributed by atoms with Gasteiger partial charge in [-0.15, -0.1) is 10.2 Å². The molecule has 0 spiro atoms. The molecule has 0 atom stereocenters. The Morgan fingerprint density at radius 3 is 2.75 bits per heavy atom. The van der Waals surface area contributed by atoms with Gasteiger partial charge in [0, 0.05) is 11.1 Å². The van der Waals surface area contributed by atoms with Crippen LogP contribution in [0.25, 0.3) is 11.5 Å². The first kappa shape index (κ1) is 14.6. The fourth-order valence-electron chi connectivity index (χ4n) is 2.94. The number of hydrogen-bond acceptors (Lipinski definition) is 7. The summed E-state index contributed by atoms with van der Waals surface area (Å²) in [5, 5.41) is 11.4. The van der Waals surface area contributed by atoms with Crippen molar-refractivity contribution in [2.45, 2.75) is 32.2 Å². The average molecular weight is 322 g/mol. The summed E-state index contributed by atoms with van der Waals surface area (Å²) < 4.78 is 5.71. The molecule has 0 saturated carbocycles. The van der Waals surface area contributed by atoms with E-state index in [9.17, 15) is 0 Å². The lowest BCUT2D eigenvalue weighted by Crippen LogP contribution is -2.14. The minimum absolute atomic E-state index is 0.300. The number of hydrogen-bond donors (Lipinski definition) is 2. The second kappa shape index (κ2) is 6.27. The number of nitrogen functional groups attached to an aromatic ring is 1. The van der Waals surface area contributed by atoms with Crippen LogP contribution < -0.4 is 11.1 Å². The first-order valence-corrected chi connectivity index (χ1v) is 8.06. The Balaban J connectivity index is 1.52. The largest absolute Gasteiger partial charge is 0.419 e. The molecule has 3 N–H and O–H groups in total. The molecule has 1 aliphatic carbocycles. The maximum atomic E-state index is 5.82. The van der Waals surface area contributed by atoms with Crippen molar-refractivity contribution >= 4 is 11.8 Å². The Morgan fingerprint density at radius 1 is 1.04 bits per heavy atom. The zero-order chi connectivity index (χ0) is 16.4. The number of nitrogens with zero attached hydrogens (tertiary/aromatic N) is 4. The molecule has 7 heteroatoms. The standard InChI is InChI=1S/C17H18N6O/c18-17-20-13-9-5-4-8-12(13)15(21-17)19-10-14-22-23-16(24-14)11-6-2-1-3-7-11/h1-3,6-7H,4-5,8-10H2,(H3,18,19,20,21). The summed E-state index contributed by atoms with van der Waals surface area (Å²) in [4.78, 5) is 8.68. The minimum Gasteiger partial charge on any atom is -0.419 e. The van der Waals surface area contributed by atoms with Crippen molar-refractivity contribution in [3.63, 3.8) is 0 Å². The number of benzene rings is 1. The molecule has 3 aromatic rings. The van der Waals surface area contributed by atoms with E-state index in [0.717, 1.165) is 48.3 Å². The van der Waals surface area contributed by atoms with Gasteiger partial charge in [0.05, 0.1) is 12.2 Å². The Morgan fingerprint density at radius 2 is 1.88 bits per heavy atom. The van der Waals surface area contributed by atoms with Gasteiger partial charge in [0.2, 0.25) is 17.7 Å². The molecule has 0 fully saturated rings. The number of anilines is 2. The van der Waals surface area contributed by atoms with E-state index in [1.54, 1.807) is 0 Å². The van der Waals surface area contributed by atoms with Crippen LogP contribution in [0.4, 0.5) is 11.8 Å². The monoisotopic (exact) mass is 322 g/mol. The number of rotatable bonds is 4. The molecule has 0 amide bonds. The van der Waals surface area contributed by atoms with Gasteiger partial charge >= 0.3 is 0 Å². The molecule has 0 saturated heterocycles. The van der Waals surface area contributed by atoms with Crippen LogP contribution in [0.3, 0.4) is 0 Å². The summed E-state index contributed by atoms with van der Waals surface area (Å²) in [6, 6.07) is 9.70. The van der Waals surface area contributed by atoms with Crippen LogP contribution >= 0.6 is 0 Å². The van der Waals surface area contributed by atoms with Crippen molar-refractivity contribution in [1.29, 1.82) is 0 Å². The highest BCUT2D eigenvalue weighted by Crippen LogP contribution is 2.26. The second-order valence-corrected chi connectivity index (χ2v) is 5.78. The van der Waals surface area contributed by atoms with Crippen LogP contribution in [-0.2, 0) is 19.4 Å². The number of aryl methyl sites for hydroxylation is 1. The molecule has 122 valence electrons. The molecule has 0 unspecified atom stereocenters. The zero-order valence-electron chi connectivity index (χ0n) is 13.2. The maximum absolute atomic E-state index is 5.82. The molecule has 1 aliphatic rings. The van der Waals surface area contributed by atoms with Crippen LogP contribution in [0, 0.1) is 0 Å². The lowest BCUT2D eigenvalue weighted by molar-refractivity contribution is 0.514. The smallest absolute Gasteiger partial charge is 0.247 e. The van der Waals surface area contributed by atoms with Gasteiger partial charge in [0.15, 0.2) is 0 Å². The highest BCUT2D eigenvalue weighted by molar-refractivity contribution is 5.52. The van der Waals surface area contributed by atoms with E-state index >= 15 is 0 Å². The first-order valence-electron chi connectivity index (χ1n) is 8.06. The van der Waals surface area contributed by atoms with E-state index in [1.165, 1.54) is 0 Å². The van der Waals surface area contributed by atoms with E-state index in [1.807, 2.05) is 30.3 Å². The molecular formula is C17H18N6O. The van der Waals surface area contributed by atoms with Gasteiger partial charge in [0.25, 0.3) is 0 Å². The summed E-state index contributed by atoms with van der Waals surface area (Å²) in [7, 11) is 0. The highest BCUT2D eigenvalue weighted by Gasteiger charge is 2.17.